The summed E-state index contributed by atoms with van der Waals surface area (Å²) in [7, 11) is 0. The summed E-state index contributed by atoms with van der Waals surface area (Å²) >= 11 is 0. The van der Waals surface area contributed by atoms with E-state index in [0.29, 0.717) is 19.0 Å². The van der Waals surface area contributed by atoms with E-state index < -0.39 is 29.6 Å². The molecule has 1 aromatic rings. The van der Waals surface area contributed by atoms with E-state index in [1.54, 1.807) is 4.90 Å². The highest BCUT2D eigenvalue weighted by Crippen LogP contribution is 2.33. The maximum absolute atomic E-state index is 14.4. The SMILES string of the molecule is CC(C)Cc1cccc2c1CN(C(=O)C[C@@H]1C[C@@H](C(=O)N3CC(C)(F)CC3C#N)NC1=O)C2. The number of hydrogen-bond donors (Lipinski definition) is 1. The third-order valence-corrected chi connectivity index (χ3v) is 6.92. The Hall–Kier alpha value is -2.95. The normalized spacial score (nSPS) is 28.7. The minimum Gasteiger partial charge on any atom is -0.344 e. The van der Waals surface area contributed by atoms with Gasteiger partial charge in [-0.25, -0.2) is 4.39 Å². The van der Waals surface area contributed by atoms with Gasteiger partial charge in [0.15, 0.2) is 0 Å². The van der Waals surface area contributed by atoms with E-state index in [9.17, 15) is 24.0 Å². The molecule has 2 unspecified atom stereocenters. The Kier molecular flexibility index (Phi) is 6.17. The van der Waals surface area contributed by atoms with E-state index in [1.807, 2.05) is 18.2 Å². The van der Waals surface area contributed by atoms with Crippen molar-refractivity contribution in [3.63, 3.8) is 0 Å². The topological polar surface area (TPSA) is 93.5 Å². The molecule has 0 bridgehead atoms. The van der Waals surface area contributed by atoms with E-state index in [-0.39, 0.29) is 37.6 Å². The molecule has 0 spiro atoms. The molecule has 2 fully saturated rings. The highest BCUT2D eigenvalue weighted by molar-refractivity contribution is 5.94. The van der Waals surface area contributed by atoms with Gasteiger partial charge in [0.25, 0.3) is 0 Å². The zero-order chi connectivity index (χ0) is 23.9. The predicted octanol–water partition coefficient (Wildman–Crippen LogP) is 2.47. The predicted molar refractivity (Wildman–Crippen MR) is 119 cm³/mol. The molecule has 0 aromatic heterocycles. The molecule has 3 heterocycles. The van der Waals surface area contributed by atoms with E-state index in [4.69, 9.17) is 0 Å². The Bertz CT molecular complexity index is 1020. The van der Waals surface area contributed by atoms with Crippen LogP contribution in [0, 0.1) is 23.2 Å². The lowest BCUT2D eigenvalue weighted by molar-refractivity contribution is -0.135. The van der Waals surface area contributed by atoms with Crippen molar-refractivity contribution in [2.24, 2.45) is 11.8 Å². The van der Waals surface area contributed by atoms with Gasteiger partial charge in [0.1, 0.15) is 17.8 Å². The first-order chi connectivity index (χ1) is 15.6. The smallest absolute Gasteiger partial charge is 0.246 e. The lowest BCUT2D eigenvalue weighted by atomic mass is 9.96. The number of rotatable bonds is 5. The zero-order valence-electron chi connectivity index (χ0n) is 19.4. The first-order valence-electron chi connectivity index (χ1n) is 11.6. The van der Waals surface area contributed by atoms with Crippen LogP contribution < -0.4 is 5.32 Å². The quantitative estimate of drug-likeness (QED) is 0.740. The Morgan fingerprint density at radius 2 is 2.09 bits per heavy atom. The van der Waals surface area contributed by atoms with Crippen LogP contribution in [0.5, 0.6) is 0 Å². The van der Waals surface area contributed by atoms with Gasteiger partial charge in [0.2, 0.25) is 17.7 Å². The van der Waals surface area contributed by atoms with Crippen molar-refractivity contribution in [1.82, 2.24) is 15.1 Å². The number of carbonyl (C=O) groups excluding carboxylic acids is 3. The van der Waals surface area contributed by atoms with E-state index >= 15 is 0 Å². The van der Waals surface area contributed by atoms with Crippen LogP contribution in [0.3, 0.4) is 0 Å². The molecule has 0 aliphatic carbocycles. The number of likely N-dealkylation sites (tertiary alicyclic amines) is 1. The number of amides is 3. The highest BCUT2D eigenvalue weighted by atomic mass is 19.1. The summed E-state index contributed by atoms with van der Waals surface area (Å²) in [6.07, 6.45) is 1.14. The number of alkyl halides is 1. The molecule has 4 rings (SSSR count). The number of nitriles is 1. The fraction of sp³-hybridized carbons (Fsp3) is 0.600. The summed E-state index contributed by atoms with van der Waals surface area (Å²) in [6.45, 7) is 6.63. The molecular weight excluding hydrogens is 423 g/mol. The van der Waals surface area contributed by atoms with Gasteiger partial charge < -0.3 is 15.1 Å². The second-order valence-corrected chi connectivity index (χ2v) is 10.3. The lowest BCUT2D eigenvalue weighted by Gasteiger charge is -2.23. The van der Waals surface area contributed by atoms with Gasteiger partial charge in [-0.15, -0.1) is 0 Å². The summed E-state index contributed by atoms with van der Waals surface area (Å²) in [5, 5.41) is 12.0. The number of halogens is 1. The molecule has 0 saturated carbocycles. The molecule has 176 valence electrons. The Balaban J connectivity index is 1.37. The number of nitrogens with one attached hydrogen (secondary N) is 1. The van der Waals surface area contributed by atoms with Gasteiger partial charge >= 0.3 is 0 Å². The Morgan fingerprint density at radius 3 is 2.79 bits per heavy atom. The Morgan fingerprint density at radius 1 is 1.33 bits per heavy atom. The van der Waals surface area contributed by atoms with Gasteiger partial charge in [-0.3, -0.25) is 14.4 Å². The molecule has 7 nitrogen and oxygen atoms in total. The minimum absolute atomic E-state index is 0.0334. The van der Waals surface area contributed by atoms with Crippen LogP contribution in [0.15, 0.2) is 18.2 Å². The third-order valence-electron chi connectivity index (χ3n) is 6.92. The maximum Gasteiger partial charge on any atom is 0.246 e. The van der Waals surface area contributed by atoms with Crippen molar-refractivity contribution in [1.29, 1.82) is 5.26 Å². The molecular formula is C25H31FN4O3. The first kappa shape index (κ1) is 23.2. The van der Waals surface area contributed by atoms with Crippen LogP contribution in [-0.2, 0) is 33.9 Å². The Labute approximate surface area is 193 Å². The van der Waals surface area contributed by atoms with Crippen LogP contribution >= 0.6 is 0 Å². The molecule has 3 amide bonds. The summed E-state index contributed by atoms with van der Waals surface area (Å²) in [5.41, 5.74) is 2.00. The van der Waals surface area contributed by atoms with Crippen molar-refractivity contribution < 1.29 is 18.8 Å². The van der Waals surface area contributed by atoms with Crippen molar-refractivity contribution in [2.75, 3.05) is 6.54 Å². The molecule has 3 aliphatic rings. The summed E-state index contributed by atoms with van der Waals surface area (Å²) < 4.78 is 14.4. The second kappa shape index (κ2) is 8.77. The van der Waals surface area contributed by atoms with E-state index in [1.165, 1.54) is 23.0 Å². The van der Waals surface area contributed by atoms with Gasteiger partial charge in [-0.05, 0) is 42.4 Å². The first-order valence-corrected chi connectivity index (χ1v) is 11.6. The average Bonchev–Trinajstić information content (AvgIpc) is 3.42. The van der Waals surface area contributed by atoms with Crippen molar-refractivity contribution >= 4 is 17.7 Å². The maximum atomic E-state index is 14.4. The number of benzene rings is 1. The molecule has 33 heavy (non-hydrogen) atoms. The molecule has 1 N–H and O–H groups in total. The van der Waals surface area contributed by atoms with Gasteiger partial charge in [-0.2, -0.15) is 5.26 Å². The summed E-state index contributed by atoms with van der Waals surface area (Å²) in [6, 6.07) is 6.50. The number of hydrogen-bond acceptors (Lipinski definition) is 4. The monoisotopic (exact) mass is 454 g/mol. The molecule has 1 aromatic carbocycles. The number of fused-ring (bicyclic) bond motifs is 1. The average molecular weight is 455 g/mol. The third kappa shape index (κ3) is 4.73. The van der Waals surface area contributed by atoms with Crippen molar-refractivity contribution in [3.8, 4) is 6.07 Å². The van der Waals surface area contributed by atoms with Crippen LogP contribution in [0.1, 0.15) is 56.7 Å². The summed E-state index contributed by atoms with van der Waals surface area (Å²) in [4.78, 5) is 41.5. The fourth-order valence-electron chi connectivity index (χ4n) is 5.31. The minimum atomic E-state index is -1.62. The van der Waals surface area contributed by atoms with Gasteiger partial charge in [-0.1, -0.05) is 32.0 Å². The van der Waals surface area contributed by atoms with Crippen LogP contribution in [0.25, 0.3) is 0 Å². The number of carbonyl (C=O) groups is 3. The van der Waals surface area contributed by atoms with E-state index in [2.05, 4.69) is 25.2 Å². The summed E-state index contributed by atoms with van der Waals surface area (Å²) in [5.74, 6) is -0.982. The highest BCUT2D eigenvalue weighted by Gasteiger charge is 2.47. The largest absolute Gasteiger partial charge is 0.344 e. The number of nitrogens with zero attached hydrogens (tertiary/aromatic N) is 3. The second-order valence-electron chi connectivity index (χ2n) is 10.3. The van der Waals surface area contributed by atoms with Crippen LogP contribution in [-0.4, -0.2) is 51.8 Å². The van der Waals surface area contributed by atoms with Crippen LogP contribution in [0.2, 0.25) is 0 Å². The van der Waals surface area contributed by atoms with Gasteiger partial charge in [0.05, 0.1) is 12.6 Å². The molecule has 3 aliphatic heterocycles. The molecule has 8 heteroatoms. The van der Waals surface area contributed by atoms with Gasteiger partial charge in [0, 0.05) is 31.8 Å². The molecule has 0 radical (unpaired) electrons. The molecule has 4 atom stereocenters. The standard InChI is InChI=1S/C25H31FN4O3/c1-15(2)7-16-5-4-6-17-12-29(13-20(16)17)22(31)9-18-8-21(28-23(18)32)24(33)30-14-25(3,26)10-19(30)11-27/h4-6,15,18-19,21H,7-10,12-14H2,1-3H3,(H,28,32)/t18-,19?,21-,25?/m0/s1. The van der Waals surface area contributed by atoms with Crippen molar-refractivity contribution in [3.05, 3.63) is 34.9 Å². The lowest BCUT2D eigenvalue weighted by Crippen LogP contribution is -2.46. The van der Waals surface area contributed by atoms with E-state index in [0.717, 1.165) is 12.0 Å². The fourth-order valence-corrected chi connectivity index (χ4v) is 5.31. The molecule has 2 saturated heterocycles. The van der Waals surface area contributed by atoms with Crippen molar-refractivity contribution in [2.45, 2.75) is 77.3 Å². The zero-order valence-corrected chi connectivity index (χ0v) is 19.4. The van der Waals surface area contributed by atoms with Crippen LogP contribution in [0.4, 0.5) is 4.39 Å².